The number of pyridine rings is 2. The molecule has 2 aliphatic rings. The Morgan fingerprint density at radius 2 is 1.37 bits per heavy atom. The third-order valence-corrected chi connectivity index (χ3v) is 7.87. The molecular weight excluding hydrogens is 670 g/mol. The molecule has 0 saturated carbocycles. The summed E-state index contributed by atoms with van der Waals surface area (Å²) < 4.78 is 46.6. The molecule has 4 aromatic heterocycles. The summed E-state index contributed by atoms with van der Waals surface area (Å²) in [5.74, 6) is -2.17. The van der Waals surface area contributed by atoms with Crippen LogP contribution in [-0.2, 0) is 14.2 Å². The Bertz CT molecular complexity index is 1850. The maximum atomic E-state index is 14.7. The third kappa shape index (κ3) is 9.24. The molecule has 0 bridgehead atoms. The quantitative estimate of drug-likeness (QED) is 0.206. The first-order valence-corrected chi connectivity index (χ1v) is 16.6. The highest BCUT2D eigenvalue weighted by molar-refractivity contribution is 5.87. The summed E-state index contributed by atoms with van der Waals surface area (Å²) in [5.41, 5.74) is 1.00. The van der Waals surface area contributed by atoms with Gasteiger partial charge in [-0.25, -0.2) is 32.5 Å². The van der Waals surface area contributed by atoms with Crippen molar-refractivity contribution in [2.75, 3.05) is 39.4 Å². The van der Waals surface area contributed by atoms with E-state index in [0.29, 0.717) is 36.6 Å². The van der Waals surface area contributed by atoms with Crippen molar-refractivity contribution in [1.29, 1.82) is 0 Å². The van der Waals surface area contributed by atoms with Crippen LogP contribution in [0.1, 0.15) is 91.7 Å². The lowest BCUT2D eigenvalue weighted by molar-refractivity contribution is 0.0291. The summed E-state index contributed by atoms with van der Waals surface area (Å²) >= 11 is 0. The van der Waals surface area contributed by atoms with Crippen molar-refractivity contribution in [3.8, 4) is 11.4 Å². The van der Waals surface area contributed by atoms with E-state index in [-0.39, 0.29) is 47.9 Å². The molecule has 0 radical (unpaired) electrons. The van der Waals surface area contributed by atoms with Gasteiger partial charge in [0.2, 0.25) is 0 Å². The van der Waals surface area contributed by atoms with Crippen molar-refractivity contribution in [2.24, 2.45) is 0 Å². The highest BCUT2D eigenvalue weighted by Gasteiger charge is 2.33. The molecule has 2 aliphatic heterocycles. The number of rotatable bonds is 8. The second-order valence-electron chi connectivity index (χ2n) is 12.8. The van der Waals surface area contributed by atoms with Gasteiger partial charge in [-0.05, 0) is 54.0 Å². The van der Waals surface area contributed by atoms with Crippen molar-refractivity contribution >= 4 is 18.0 Å². The highest BCUT2D eigenvalue weighted by Crippen LogP contribution is 2.29. The van der Waals surface area contributed by atoms with Gasteiger partial charge in [-0.3, -0.25) is 9.97 Å². The predicted molar refractivity (Wildman–Crippen MR) is 176 cm³/mol. The summed E-state index contributed by atoms with van der Waals surface area (Å²) in [6.07, 6.45) is 6.79. The first-order valence-electron chi connectivity index (χ1n) is 16.6. The molecule has 16 nitrogen and oxygen atoms in total. The maximum Gasteiger partial charge on any atom is 0.410 e. The zero-order chi connectivity index (χ0) is 36.7. The Hall–Kier alpha value is -5.39. The van der Waals surface area contributed by atoms with Crippen LogP contribution in [0.15, 0.2) is 36.9 Å². The fraction of sp³-hybridized carbons (Fsp3) is 0.485. The SMILES string of the molecule is CCOC(=O)c1cn(-c2cnc(C3CCN(C(=O)OC(C)(C)C)C3)c(F)c2)nn1.CCOC(=O)c1cn(-c2cnc(C3CCNC3)c(F)c2)nn1. The van der Waals surface area contributed by atoms with Crippen molar-refractivity contribution in [3.63, 3.8) is 0 Å². The molecule has 0 spiro atoms. The van der Waals surface area contributed by atoms with E-state index >= 15 is 0 Å². The van der Waals surface area contributed by atoms with Crippen LogP contribution in [0.2, 0.25) is 0 Å². The molecule has 18 heteroatoms. The van der Waals surface area contributed by atoms with Crippen molar-refractivity contribution in [2.45, 2.75) is 64.9 Å². The molecule has 272 valence electrons. The molecule has 6 heterocycles. The summed E-state index contributed by atoms with van der Waals surface area (Å²) in [6, 6.07) is 2.63. The van der Waals surface area contributed by atoms with Crippen LogP contribution in [-0.4, -0.2) is 108 Å². The molecule has 0 aromatic carbocycles. The minimum atomic E-state index is -0.600. The molecule has 2 saturated heterocycles. The number of hydrogen-bond donors (Lipinski definition) is 1. The van der Waals surface area contributed by atoms with Gasteiger partial charge < -0.3 is 24.4 Å². The van der Waals surface area contributed by atoms with Crippen LogP contribution in [0.4, 0.5) is 13.6 Å². The van der Waals surface area contributed by atoms with E-state index in [2.05, 4.69) is 35.9 Å². The first kappa shape index (κ1) is 36.9. The number of halogens is 2. The second-order valence-corrected chi connectivity index (χ2v) is 12.8. The molecule has 2 fully saturated rings. The lowest BCUT2D eigenvalue weighted by atomic mass is 10.0. The Kier molecular flexibility index (Phi) is 11.6. The number of ether oxygens (including phenoxy) is 3. The van der Waals surface area contributed by atoms with Gasteiger partial charge in [0.15, 0.2) is 11.4 Å². The van der Waals surface area contributed by atoms with Gasteiger partial charge in [0.05, 0.1) is 60.8 Å². The van der Waals surface area contributed by atoms with E-state index in [0.717, 1.165) is 19.5 Å². The first-order chi connectivity index (χ1) is 24.4. The van der Waals surface area contributed by atoms with Gasteiger partial charge in [0, 0.05) is 43.6 Å². The molecule has 1 amide bonds. The van der Waals surface area contributed by atoms with Crippen molar-refractivity contribution in [3.05, 3.63) is 71.3 Å². The summed E-state index contributed by atoms with van der Waals surface area (Å²) in [7, 11) is 0. The van der Waals surface area contributed by atoms with E-state index in [1.807, 2.05) is 0 Å². The van der Waals surface area contributed by atoms with Crippen LogP contribution < -0.4 is 5.32 Å². The van der Waals surface area contributed by atoms with Crippen LogP contribution >= 0.6 is 0 Å². The third-order valence-electron chi connectivity index (χ3n) is 7.87. The smallest absolute Gasteiger partial charge is 0.410 e. The molecule has 6 rings (SSSR count). The van der Waals surface area contributed by atoms with Gasteiger partial charge >= 0.3 is 18.0 Å². The number of carbonyl (C=O) groups excluding carboxylic acids is 3. The summed E-state index contributed by atoms with van der Waals surface area (Å²) in [4.78, 5) is 45.4. The van der Waals surface area contributed by atoms with Gasteiger partial charge in [-0.15, -0.1) is 10.2 Å². The van der Waals surface area contributed by atoms with E-state index in [9.17, 15) is 23.2 Å². The molecule has 51 heavy (non-hydrogen) atoms. The van der Waals surface area contributed by atoms with E-state index in [4.69, 9.17) is 14.2 Å². The lowest BCUT2D eigenvalue weighted by Crippen LogP contribution is -2.35. The number of carbonyl (C=O) groups is 3. The molecule has 1 N–H and O–H groups in total. The van der Waals surface area contributed by atoms with Gasteiger partial charge in [0.1, 0.15) is 17.2 Å². The number of amides is 1. The zero-order valence-corrected chi connectivity index (χ0v) is 29.0. The van der Waals surface area contributed by atoms with Crippen LogP contribution in [0.25, 0.3) is 11.4 Å². The van der Waals surface area contributed by atoms with E-state index in [1.54, 1.807) is 39.5 Å². The Labute approximate surface area is 292 Å². The average Bonchev–Trinajstić information content (AvgIpc) is 3.92. The molecule has 2 unspecified atom stereocenters. The van der Waals surface area contributed by atoms with Crippen LogP contribution in [0.3, 0.4) is 0 Å². The highest BCUT2D eigenvalue weighted by atomic mass is 19.1. The second kappa shape index (κ2) is 16.1. The predicted octanol–water partition coefficient (Wildman–Crippen LogP) is 3.76. The number of nitrogens with zero attached hydrogens (tertiary/aromatic N) is 9. The standard InChI is InChI=1S/C19H24FN5O4.C14H16FN5O2/c1-5-28-17(26)15-11-25(23-22-15)13-8-14(20)16(21-9-13)12-6-7-24(10-12)18(27)29-19(2,3)4;1-2-22-14(21)12-8-20(19-18-12)10-5-11(15)13(17-7-10)9-3-4-16-6-9/h8-9,11-12H,5-7,10H2,1-4H3;5,7-9,16H,2-4,6H2,1H3. The van der Waals surface area contributed by atoms with E-state index in [1.165, 1.54) is 46.3 Å². The van der Waals surface area contributed by atoms with E-state index < -0.39 is 29.5 Å². The molecular formula is C33H40F2N10O6. The number of nitrogens with one attached hydrogen (secondary N) is 1. The Balaban J connectivity index is 0.000000205. The van der Waals surface area contributed by atoms with Crippen LogP contribution in [0, 0.1) is 11.6 Å². The van der Waals surface area contributed by atoms with Gasteiger partial charge in [-0.1, -0.05) is 10.4 Å². The monoisotopic (exact) mass is 710 g/mol. The van der Waals surface area contributed by atoms with Gasteiger partial charge in [0.25, 0.3) is 0 Å². The van der Waals surface area contributed by atoms with Gasteiger partial charge in [-0.2, -0.15) is 0 Å². The number of likely N-dealkylation sites (tertiary alicyclic amines) is 1. The summed E-state index contributed by atoms with van der Waals surface area (Å²) in [5, 5.41) is 18.3. The largest absolute Gasteiger partial charge is 0.461 e. The number of aromatic nitrogens is 8. The van der Waals surface area contributed by atoms with Crippen molar-refractivity contribution in [1.82, 2.24) is 50.2 Å². The molecule has 4 aromatic rings. The fourth-order valence-electron chi connectivity index (χ4n) is 5.47. The zero-order valence-electron chi connectivity index (χ0n) is 29.0. The minimum absolute atomic E-state index is 0.0279. The summed E-state index contributed by atoms with van der Waals surface area (Å²) in [6.45, 7) is 11.7. The average molecular weight is 711 g/mol. The molecule has 0 aliphatic carbocycles. The number of esters is 2. The molecule has 2 atom stereocenters. The number of hydrogen-bond acceptors (Lipinski definition) is 13. The normalized spacial score (nSPS) is 17.1. The maximum absolute atomic E-state index is 14.7. The topological polar surface area (TPSA) is 181 Å². The fourth-order valence-corrected chi connectivity index (χ4v) is 5.47. The Morgan fingerprint density at radius 3 is 1.82 bits per heavy atom. The van der Waals surface area contributed by atoms with Crippen molar-refractivity contribution < 1.29 is 37.4 Å². The van der Waals surface area contributed by atoms with Crippen LogP contribution in [0.5, 0.6) is 0 Å². The lowest BCUT2D eigenvalue weighted by Gasteiger charge is -2.24. The Morgan fingerprint density at radius 1 is 0.843 bits per heavy atom. The minimum Gasteiger partial charge on any atom is -0.461 e.